The summed E-state index contributed by atoms with van der Waals surface area (Å²) in [6, 6.07) is 0. The van der Waals surface area contributed by atoms with E-state index in [-0.39, 0.29) is 6.54 Å². The molecule has 0 aromatic heterocycles. The van der Waals surface area contributed by atoms with E-state index in [0.29, 0.717) is 19.4 Å². The molecule has 5 heteroatoms. The van der Waals surface area contributed by atoms with Crippen LogP contribution in [0.5, 0.6) is 0 Å². The van der Waals surface area contributed by atoms with E-state index in [0.717, 1.165) is 19.3 Å². The Labute approximate surface area is 94.4 Å². The van der Waals surface area contributed by atoms with Crippen LogP contribution in [0.15, 0.2) is 0 Å². The van der Waals surface area contributed by atoms with Crippen LogP contribution in [0.4, 0.5) is 13.2 Å². The molecule has 0 saturated heterocycles. The predicted octanol–water partition coefficient (Wildman–Crippen LogP) is 2.57. The third kappa shape index (κ3) is 5.16. The van der Waals surface area contributed by atoms with Gasteiger partial charge < -0.3 is 10.0 Å². The number of aliphatic hydroxyl groups is 1. The van der Waals surface area contributed by atoms with E-state index in [4.69, 9.17) is 0 Å². The number of likely N-dealkylation sites (N-methyl/N-ethyl adjacent to an activating group) is 1. The summed E-state index contributed by atoms with van der Waals surface area (Å²) in [6.45, 7) is 0.314. The van der Waals surface area contributed by atoms with Crippen molar-refractivity contribution in [2.75, 3.05) is 20.1 Å². The number of nitrogens with zero attached hydrogens (tertiary/aromatic N) is 1. The third-order valence-corrected chi connectivity index (χ3v) is 3.13. The first kappa shape index (κ1) is 13.8. The van der Waals surface area contributed by atoms with Gasteiger partial charge >= 0.3 is 6.18 Å². The van der Waals surface area contributed by atoms with E-state index >= 15 is 0 Å². The summed E-state index contributed by atoms with van der Waals surface area (Å²) in [5.41, 5.74) is -0.765. The van der Waals surface area contributed by atoms with Gasteiger partial charge in [-0.3, -0.25) is 0 Å². The molecular weight excluding hydrogens is 219 g/mol. The first-order valence-corrected chi connectivity index (χ1v) is 5.78. The van der Waals surface area contributed by atoms with Gasteiger partial charge in [-0.1, -0.05) is 19.3 Å². The Morgan fingerprint density at radius 2 is 1.75 bits per heavy atom. The molecular formula is C11H20F3NO. The summed E-state index contributed by atoms with van der Waals surface area (Å²) in [7, 11) is 1.64. The monoisotopic (exact) mass is 239 g/mol. The Morgan fingerprint density at radius 1 is 1.19 bits per heavy atom. The largest absolute Gasteiger partial charge is 0.390 e. The van der Waals surface area contributed by atoms with Gasteiger partial charge in [0.25, 0.3) is 0 Å². The van der Waals surface area contributed by atoms with Crippen LogP contribution < -0.4 is 0 Å². The van der Waals surface area contributed by atoms with Crippen LogP contribution in [0.3, 0.4) is 0 Å². The molecule has 1 aliphatic rings. The van der Waals surface area contributed by atoms with Gasteiger partial charge in [-0.05, 0) is 19.9 Å². The molecule has 0 spiro atoms. The molecule has 0 aromatic rings. The minimum atomic E-state index is -4.11. The van der Waals surface area contributed by atoms with Crippen LogP contribution in [0.2, 0.25) is 0 Å². The maximum atomic E-state index is 12.0. The molecule has 0 radical (unpaired) electrons. The molecule has 96 valence electrons. The van der Waals surface area contributed by atoms with Crippen molar-refractivity contribution < 1.29 is 18.3 Å². The summed E-state index contributed by atoms with van der Waals surface area (Å²) in [6.07, 6.45) is -0.419. The van der Waals surface area contributed by atoms with Gasteiger partial charge in [-0.2, -0.15) is 13.2 Å². The SMILES string of the molecule is CN(CCC(F)(F)F)CC1(O)CCCCC1. The summed E-state index contributed by atoms with van der Waals surface area (Å²) in [4.78, 5) is 1.58. The highest BCUT2D eigenvalue weighted by Gasteiger charge is 2.32. The van der Waals surface area contributed by atoms with Gasteiger partial charge in [0.1, 0.15) is 0 Å². The van der Waals surface area contributed by atoms with E-state index in [9.17, 15) is 18.3 Å². The molecule has 0 amide bonds. The zero-order chi connectivity index (χ0) is 12.2. The number of alkyl halides is 3. The molecule has 2 nitrogen and oxygen atoms in total. The lowest BCUT2D eigenvalue weighted by Crippen LogP contribution is -2.43. The van der Waals surface area contributed by atoms with Crippen LogP contribution in [-0.2, 0) is 0 Å². The quantitative estimate of drug-likeness (QED) is 0.815. The lowest BCUT2D eigenvalue weighted by molar-refractivity contribution is -0.139. The maximum Gasteiger partial charge on any atom is 0.390 e. The van der Waals surface area contributed by atoms with Crippen LogP contribution in [-0.4, -0.2) is 41.9 Å². The fourth-order valence-electron chi connectivity index (χ4n) is 2.27. The molecule has 1 N–H and O–H groups in total. The lowest BCUT2D eigenvalue weighted by Gasteiger charge is -2.35. The van der Waals surface area contributed by atoms with Crippen LogP contribution >= 0.6 is 0 Å². The van der Waals surface area contributed by atoms with Crippen molar-refractivity contribution >= 4 is 0 Å². The van der Waals surface area contributed by atoms with Gasteiger partial charge in [0.15, 0.2) is 0 Å². The van der Waals surface area contributed by atoms with E-state index in [2.05, 4.69) is 0 Å². The van der Waals surface area contributed by atoms with Gasteiger partial charge in [-0.15, -0.1) is 0 Å². The zero-order valence-corrected chi connectivity index (χ0v) is 9.69. The Balaban J connectivity index is 2.29. The Bertz CT molecular complexity index is 212. The highest BCUT2D eigenvalue weighted by molar-refractivity contribution is 4.84. The molecule has 0 atom stereocenters. The first-order valence-electron chi connectivity index (χ1n) is 5.78. The average Bonchev–Trinajstić information content (AvgIpc) is 2.14. The fraction of sp³-hybridized carbons (Fsp3) is 1.00. The fourth-order valence-corrected chi connectivity index (χ4v) is 2.27. The van der Waals surface area contributed by atoms with Crippen LogP contribution in [0, 0.1) is 0 Å². The highest BCUT2D eigenvalue weighted by atomic mass is 19.4. The van der Waals surface area contributed by atoms with E-state index < -0.39 is 18.2 Å². The maximum absolute atomic E-state index is 12.0. The third-order valence-electron chi connectivity index (χ3n) is 3.13. The molecule has 0 unspecified atom stereocenters. The molecule has 0 heterocycles. The second-order valence-corrected chi connectivity index (χ2v) is 4.89. The summed E-state index contributed by atoms with van der Waals surface area (Å²) in [5.74, 6) is 0. The second kappa shape index (κ2) is 5.36. The highest BCUT2D eigenvalue weighted by Crippen LogP contribution is 2.29. The summed E-state index contributed by atoms with van der Waals surface area (Å²) in [5, 5.41) is 10.1. The Morgan fingerprint density at radius 3 is 2.25 bits per heavy atom. The van der Waals surface area contributed by atoms with Crippen LogP contribution in [0.25, 0.3) is 0 Å². The minimum Gasteiger partial charge on any atom is -0.389 e. The van der Waals surface area contributed by atoms with Crippen molar-refractivity contribution in [1.82, 2.24) is 4.90 Å². The van der Waals surface area contributed by atoms with E-state index in [1.54, 1.807) is 11.9 Å². The first-order chi connectivity index (χ1) is 7.31. The molecule has 1 fully saturated rings. The van der Waals surface area contributed by atoms with Gasteiger partial charge in [0.2, 0.25) is 0 Å². The van der Waals surface area contributed by atoms with Crippen molar-refractivity contribution in [2.45, 2.75) is 50.3 Å². The number of hydrogen-bond acceptors (Lipinski definition) is 2. The molecule has 1 aliphatic carbocycles. The number of hydrogen-bond donors (Lipinski definition) is 1. The Hall–Kier alpha value is -0.290. The topological polar surface area (TPSA) is 23.5 Å². The van der Waals surface area contributed by atoms with Crippen molar-refractivity contribution in [3.8, 4) is 0 Å². The van der Waals surface area contributed by atoms with Crippen molar-refractivity contribution in [2.24, 2.45) is 0 Å². The minimum absolute atomic E-state index is 0.0359. The summed E-state index contributed by atoms with van der Waals surface area (Å²) >= 11 is 0. The van der Waals surface area contributed by atoms with Gasteiger partial charge in [0.05, 0.1) is 12.0 Å². The van der Waals surface area contributed by atoms with Gasteiger partial charge in [0, 0.05) is 13.1 Å². The molecule has 0 aromatic carbocycles. The molecule has 1 saturated carbocycles. The van der Waals surface area contributed by atoms with E-state index in [1.807, 2.05) is 0 Å². The zero-order valence-electron chi connectivity index (χ0n) is 9.69. The van der Waals surface area contributed by atoms with Gasteiger partial charge in [-0.25, -0.2) is 0 Å². The number of halogens is 3. The Kier molecular flexibility index (Phi) is 4.62. The van der Waals surface area contributed by atoms with Crippen molar-refractivity contribution in [1.29, 1.82) is 0 Å². The second-order valence-electron chi connectivity index (χ2n) is 4.89. The standard InChI is InChI=1S/C11H20F3NO/c1-15(8-7-11(12,13)14)9-10(16)5-3-2-4-6-10/h16H,2-9H2,1H3. The molecule has 0 bridgehead atoms. The molecule has 0 aliphatic heterocycles. The van der Waals surface area contributed by atoms with E-state index in [1.165, 1.54) is 0 Å². The van der Waals surface area contributed by atoms with Crippen molar-refractivity contribution in [3.63, 3.8) is 0 Å². The van der Waals surface area contributed by atoms with Crippen molar-refractivity contribution in [3.05, 3.63) is 0 Å². The summed E-state index contributed by atoms with van der Waals surface area (Å²) < 4.78 is 36.0. The predicted molar refractivity (Wildman–Crippen MR) is 56.2 cm³/mol. The average molecular weight is 239 g/mol. The number of rotatable bonds is 4. The molecule has 16 heavy (non-hydrogen) atoms. The smallest absolute Gasteiger partial charge is 0.389 e. The van der Waals surface area contributed by atoms with Crippen LogP contribution in [0.1, 0.15) is 38.5 Å². The lowest BCUT2D eigenvalue weighted by atomic mass is 9.84. The molecule has 1 rings (SSSR count). The normalized spacial score (nSPS) is 21.4.